The molecule has 3 nitrogen and oxygen atoms in total. The highest BCUT2D eigenvalue weighted by molar-refractivity contribution is 6.32. The van der Waals surface area contributed by atoms with Crippen LogP contribution in [0.1, 0.15) is 20.8 Å². The zero-order valence-electron chi connectivity index (χ0n) is 9.92. The smallest absolute Gasteiger partial charge is 0.344 e. The average Bonchev–Trinajstić information content (AvgIpc) is 2.13. The van der Waals surface area contributed by atoms with Crippen LogP contribution in [-0.4, -0.2) is 18.2 Å². The van der Waals surface area contributed by atoms with Crippen LogP contribution in [0, 0.1) is 5.82 Å². The van der Waals surface area contributed by atoms with Crippen molar-refractivity contribution in [2.45, 2.75) is 26.4 Å². The molecule has 0 aliphatic heterocycles. The molecule has 0 aliphatic carbocycles. The summed E-state index contributed by atoms with van der Waals surface area (Å²) in [6.45, 7) is 5.02. The third kappa shape index (κ3) is 5.04. The number of esters is 1. The highest BCUT2D eigenvalue weighted by atomic mass is 35.5. The van der Waals surface area contributed by atoms with Gasteiger partial charge < -0.3 is 9.47 Å². The highest BCUT2D eigenvalue weighted by Gasteiger charge is 2.17. The molecule has 0 atom stereocenters. The fourth-order valence-corrected chi connectivity index (χ4v) is 1.32. The van der Waals surface area contributed by atoms with Crippen molar-refractivity contribution in [2.24, 2.45) is 0 Å². The topological polar surface area (TPSA) is 35.5 Å². The Morgan fingerprint density at radius 1 is 1.41 bits per heavy atom. The number of hydrogen-bond acceptors (Lipinski definition) is 3. The molecule has 1 aromatic rings. The van der Waals surface area contributed by atoms with Gasteiger partial charge in [0.15, 0.2) is 6.61 Å². The summed E-state index contributed by atoms with van der Waals surface area (Å²) in [5.41, 5.74) is -0.562. The Bertz CT molecular complexity index is 413. The Morgan fingerprint density at radius 2 is 2.06 bits per heavy atom. The summed E-state index contributed by atoms with van der Waals surface area (Å²) in [5, 5.41) is 0.119. The van der Waals surface area contributed by atoms with Crippen LogP contribution in [0.4, 0.5) is 4.39 Å². The second kappa shape index (κ2) is 5.36. The van der Waals surface area contributed by atoms with E-state index in [0.29, 0.717) is 0 Å². The lowest BCUT2D eigenvalue weighted by Crippen LogP contribution is -2.27. The van der Waals surface area contributed by atoms with Crippen molar-refractivity contribution in [3.63, 3.8) is 0 Å². The molecule has 0 aromatic heterocycles. The van der Waals surface area contributed by atoms with Gasteiger partial charge in [-0.1, -0.05) is 11.6 Å². The fourth-order valence-electron chi connectivity index (χ4n) is 1.10. The summed E-state index contributed by atoms with van der Waals surface area (Å²) in [4.78, 5) is 11.3. The number of halogens is 2. The maximum absolute atomic E-state index is 12.7. The van der Waals surface area contributed by atoms with E-state index in [1.165, 1.54) is 12.1 Å². The molecule has 0 heterocycles. The predicted octanol–water partition coefficient (Wildman–Crippen LogP) is 3.20. The molecule has 0 unspecified atom stereocenters. The van der Waals surface area contributed by atoms with Gasteiger partial charge in [0.2, 0.25) is 0 Å². The van der Waals surface area contributed by atoms with Crippen molar-refractivity contribution in [3.05, 3.63) is 29.0 Å². The maximum Gasteiger partial charge on any atom is 0.344 e. The molecule has 0 saturated heterocycles. The minimum atomic E-state index is -0.562. The maximum atomic E-state index is 12.7. The first-order valence-electron chi connectivity index (χ1n) is 5.07. The number of ether oxygens (including phenoxy) is 2. The van der Waals surface area contributed by atoms with Gasteiger partial charge in [0, 0.05) is 0 Å². The van der Waals surface area contributed by atoms with Gasteiger partial charge in [0.25, 0.3) is 0 Å². The van der Waals surface area contributed by atoms with Crippen LogP contribution in [0.15, 0.2) is 18.2 Å². The van der Waals surface area contributed by atoms with Crippen LogP contribution in [0.3, 0.4) is 0 Å². The summed E-state index contributed by atoms with van der Waals surface area (Å²) >= 11 is 5.73. The molecule has 0 N–H and O–H groups in total. The summed E-state index contributed by atoms with van der Waals surface area (Å²) in [7, 11) is 0. The van der Waals surface area contributed by atoms with Crippen LogP contribution in [0.5, 0.6) is 5.75 Å². The van der Waals surface area contributed by atoms with Gasteiger partial charge in [-0.25, -0.2) is 9.18 Å². The van der Waals surface area contributed by atoms with E-state index in [1.807, 2.05) is 0 Å². The van der Waals surface area contributed by atoms with Crippen molar-refractivity contribution in [2.75, 3.05) is 6.61 Å². The van der Waals surface area contributed by atoms with Crippen LogP contribution in [0.25, 0.3) is 0 Å². The molecule has 1 rings (SSSR count). The first-order chi connectivity index (χ1) is 7.78. The van der Waals surface area contributed by atoms with E-state index >= 15 is 0 Å². The zero-order valence-corrected chi connectivity index (χ0v) is 10.7. The van der Waals surface area contributed by atoms with Gasteiger partial charge in [-0.05, 0) is 39.0 Å². The number of carbonyl (C=O) groups is 1. The summed E-state index contributed by atoms with van der Waals surface area (Å²) in [6.07, 6.45) is 0. The summed E-state index contributed by atoms with van der Waals surface area (Å²) < 4.78 is 22.9. The molecule has 17 heavy (non-hydrogen) atoms. The Hall–Kier alpha value is -1.29. The van der Waals surface area contributed by atoms with Crippen molar-refractivity contribution in [1.29, 1.82) is 0 Å². The SMILES string of the molecule is CC(C)(C)OC(=O)COc1ccc(F)cc1Cl. The first-order valence-corrected chi connectivity index (χ1v) is 5.45. The van der Waals surface area contributed by atoms with Crippen LogP contribution in [-0.2, 0) is 9.53 Å². The van der Waals surface area contributed by atoms with Crippen molar-refractivity contribution in [3.8, 4) is 5.75 Å². The van der Waals surface area contributed by atoms with Crippen LogP contribution >= 0.6 is 11.6 Å². The Kier molecular flexibility index (Phi) is 4.34. The number of benzene rings is 1. The van der Waals surface area contributed by atoms with Crippen LogP contribution < -0.4 is 4.74 Å². The molecule has 0 saturated carbocycles. The predicted molar refractivity (Wildman–Crippen MR) is 62.8 cm³/mol. The average molecular weight is 261 g/mol. The normalized spacial score (nSPS) is 11.1. The molecular weight excluding hydrogens is 247 g/mol. The minimum absolute atomic E-state index is 0.119. The third-order valence-corrected chi connectivity index (χ3v) is 1.95. The number of carbonyl (C=O) groups excluding carboxylic acids is 1. The molecule has 94 valence electrons. The molecule has 0 bridgehead atoms. The van der Waals surface area contributed by atoms with Gasteiger partial charge >= 0.3 is 5.97 Å². The Labute approximate surface area is 104 Å². The van der Waals surface area contributed by atoms with E-state index in [-0.39, 0.29) is 17.4 Å². The quantitative estimate of drug-likeness (QED) is 0.783. The van der Waals surface area contributed by atoms with E-state index < -0.39 is 17.4 Å². The molecule has 0 fully saturated rings. The first kappa shape index (κ1) is 13.8. The molecule has 1 aromatic carbocycles. The lowest BCUT2D eigenvalue weighted by molar-refractivity contribution is -0.157. The minimum Gasteiger partial charge on any atom is -0.480 e. The highest BCUT2D eigenvalue weighted by Crippen LogP contribution is 2.24. The van der Waals surface area contributed by atoms with Gasteiger partial charge in [0.1, 0.15) is 17.2 Å². The van der Waals surface area contributed by atoms with Crippen molar-refractivity contribution >= 4 is 17.6 Å². The van der Waals surface area contributed by atoms with Crippen molar-refractivity contribution < 1.29 is 18.7 Å². The summed E-state index contributed by atoms with van der Waals surface area (Å²) in [5.74, 6) is -0.712. The number of hydrogen-bond donors (Lipinski definition) is 0. The molecule has 0 spiro atoms. The third-order valence-electron chi connectivity index (χ3n) is 1.66. The largest absolute Gasteiger partial charge is 0.480 e. The van der Waals surface area contributed by atoms with Gasteiger partial charge in [-0.3, -0.25) is 0 Å². The molecule has 0 amide bonds. The number of rotatable bonds is 3. The molecule has 0 aliphatic rings. The van der Waals surface area contributed by atoms with E-state index in [0.717, 1.165) is 6.07 Å². The monoisotopic (exact) mass is 260 g/mol. The molecule has 0 radical (unpaired) electrons. The van der Waals surface area contributed by atoms with E-state index in [2.05, 4.69) is 0 Å². The molecule has 5 heteroatoms. The summed E-state index contributed by atoms with van der Waals surface area (Å²) in [6, 6.07) is 3.68. The van der Waals surface area contributed by atoms with Crippen LogP contribution in [0.2, 0.25) is 5.02 Å². The second-order valence-electron chi connectivity index (χ2n) is 4.45. The standard InChI is InChI=1S/C12H14ClFO3/c1-12(2,3)17-11(15)7-16-10-5-4-8(14)6-9(10)13/h4-6H,7H2,1-3H3. The lowest BCUT2D eigenvalue weighted by Gasteiger charge is -2.19. The van der Waals surface area contributed by atoms with Gasteiger partial charge in [-0.15, -0.1) is 0 Å². The fraction of sp³-hybridized carbons (Fsp3) is 0.417. The van der Waals surface area contributed by atoms with Gasteiger partial charge in [-0.2, -0.15) is 0 Å². The van der Waals surface area contributed by atoms with Gasteiger partial charge in [0.05, 0.1) is 5.02 Å². The second-order valence-corrected chi connectivity index (χ2v) is 4.86. The Balaban J connectivity index is 2.53. The lowest BCUT2D eigenvalue weighted by atomic mass is 10.2. The molecular formula is C12H14ClFO3. The van der Waals surface area contributed by atoms with E-state index in [1.54, 1.807) is 20.8 Å². The van der Waals surface area contributed by atoms with E-state index in [9.17, 15) is 9.18 Å². The zero-order chi connectivity index (χ0) is 13.1. The Morgan fingerprint density at radius 3 is 2.59 bits per heavy atom. The van der Waals surface area contributed by atoms with E-state index in [4.69, 9.17) is 21.1 Å². The van der Waals surface area contributed by atoms with Crippen molar-refractivity contribution in [1.82, 2.24) is 0 Å².